The molecule has 2 rings (SSSR count). The van der Waals surface area contributed by atoms with Crippen molar-refractivity contribution < 1.29 is 10.2 Å². The lowest BCUT2D eigenvalue weighted by atomic mass is 9.80. The summed E-state index contributed by atoms with van der Waals surface area (Å²) in [5.74, 6) is 0.237. The van der Waals surface area contributed by atoms with Gasteiger partial charge in [-0.2, -0.15) is 0 Å². The summed E-state index contributed by atoms with van der Waals surface area (Å²) in [6.07, 6.45) is 5.37. The van der Waals surface area contributed by atoms with Crippen molar-refractivity contribution in [2.75, 3.05) is 5.32 Å². The Kier molecular flexibility index (Phi) is 9.55. The molecule has 3 N–H and O–H groups in total. The predicted octanol–water partition coefficient (Wildman–Crippen LogP) is 4.72. The van der Waals surface area contributed by atoms with Gasteiger partial charge in [0.2, 0.25) is 0 Å². The standard InChI is InChI=1S/C13H19NO2.C3H6.C2H6/c1-13(9-5-4-8-12(13)16)14-10-6-2-3-7-11(10)15;1-3-2;1-2/h2-3,6-7,12,14-16H,4-5,8-9H2,1H3;3H,1H2,2H3;1-2H3. The number of hydrogen-bond acceptors (Lipinski definition) is 3. The molecule has 1 aromatic carbocycles. The predicted molar refractivity (Wildman–Crippen MR) is 91.8 cm³/mol. The van der Waals surface area contributed by atoms with Crippen LogP contribution in [0.2, 0.25) is 0 Å². The highest BCUT2D eigenvalue weighted by molar-refractivity contribution is 5.57. The number of hydrogen-bond donors (Lipinski definition) is 3. The van der Waals surface area contributed by atoms with E-state index in [0.29, 0.717) is 5.69 Å². The van der Waals surface area contributed by atoms with Crippen molar-refractivity contribution in [1.29, 1.82) is 0 Å². The van der Waals surface area contributed by atoms with E-state index in [2.05, 4.69) is 11.9 Å². The van der Waals surface area contributed by atoms with Gasteiger partial charge in [0, 0.05) is 0 Å². The van der Waals surface area contributed by atoms with Crippen LogP contribution in [0.1, 0.15) is 53.4 Å². The van der Waals surface area contributed by atoms with E-state index in [1.807, 2.05) is 39.8 Å². The number of benzene rings is 1. The first-order valence-electron chi connectivity index (χ1n) is 7.85. The van der Waals surface area contributed by atoms with E-state index >= 15 is 0 Å². The number of para-hydroxylation sites is 2. The third-order valence-corrected chi connectivity index (χ3v) is 3.48. The van der Waals surface area contributed by atoms with E-state index in [1.165, 1.54) is 0 Å². The Morgan fingerprint density at radius 3 is 2.38 bits per heavy atom. The van der Waals surface area contributed by atoms with Crippen LogP contribution in [-0.2, 0) is 0 Å². The quantitative estimate of drug-likeness (QED) is 0.546. The molecule has 2 unspecified atom stereocenters. The minimum Gasteiger partial charge on any atom is -0.506 e. The fourth-order valence-electron chi connectivity index (χ4n) is 2.35. The third kappa shape index (κ3) is 6.21. The minimum absolute atomic E-state index is 0.237. The summed E-state index contributed by atoms with van der Waals surface area (Å²) in [6, 6.07) is 7.16. The molecule has 1 aliphatic carbocycles. The number of rotatable bonds is 2. The van der Waals surface area contributed by atoms with Crippen LogP contribution >= 0.6 is 0 Å². The number of nitrogens with one attached hydrogen (secondary N) is 1. The summed E-state index contributed by atoms with van der Waals surface area (Å²) < 4.78 is 0. The molecule has 1 aromatic rings. The Morgan fingerprint density at radius 1 is 1.29 bits per heavy atom. The van der Waals surface area contributed by atoms with Crippen LogP contribution in [0.4, 0.5) is 5.69 Å². The second-order valence-corrected chi connectivity index (χ2v) is 5.23. The van der Waals surface area contributed by atoms with Crippen molar-refractivity contribution in [3.05, 3.63) is 36.9 Å². The molecular weight excluding hydrogens is 262 g/mol. The number of aromatic hydroxyl groups is 1. The monoisotopic (exact) mass is 293 g/mol. The Morgan fingerprint density at radius 2 is 1.86 bits per heavy atom. The van der Waals surface area contributed by atoms with Crippen molar-refractivity contribution in [3.8, 4) is 5.75 Å². The largest absolute Gasteiger partial charge is 0.506 e. The van der Waals surface area contributed by atoms with Crippen LogP contribution in [0.3, 0.4) is 0 Å². The number of aliphatic hydroxyl groups excluding tert-OH is 1. The molecule has 2 atom stereocenters. The molecule has 3 nitrogen and oxygen atoms in total. The average Bonchev–Trinajstić information content (AvgIpc) is 2.48. The minimum atomic E-state index is -0.346. The van der Waals surface area contributed by atoms with Crippen molar-refractivity contribution in [1.82, 2.24) is 0 Å². The lowest BCUT2D eigenvalue weighted by molar-refractivity contribution is 0.0684. The van der Waals surface area contributed by atoms with Crippen LogP contribution in [0.5, 0.6) is 5.75 Å². The number of phenols is 1. The number of phenolic OH excluding ortho intramolecular Hbond substituents is 1. The Hall–Kier alpha value is -1.48. The van der Waals surface area contributed by atoms with Crippen LogP contribution in [-0.4, -0.2) is 21.9 Å². The van der Waals surface area contributed by atoms with Crippen molar-refractivity contribution in [3.63, 3.8) is 0 Å². The van der Waals surface area contributed by atoms with E-state index < -0.39 is 0 Å². The zero-order chi connectivity index (χ0) is 16.3. The second kappa shape index (κ2) is 10.3. The summed E-state index contributed by atoms with van der Waals surface area (Å²) in [4.78, 5) is 0. The summed E-state index contributed by atoms with van der Waals surface area (Å²) in [6.45, 7) is 11.3. The van der Waals surface area contributed by atoms with Gasteiger partial charge in [-0.15, -0.1) is 6.58 Å². The molecule has 1 aliphatic rings. The van der Waals surface area contributed by atoms with Crippen molar-refractivity contribution in [2.24, 2.45) is 0 Å². The fourth-order valence-corrected chi connectivity index (χ4v) is 2.35. The van der Waals surface area contributed by atoms with E-state index in [0.717, 1.165) is 25.7 Å². The average molecular weight is 293 g/mol. The summed E-state index contributed by atoms with van der Waals surface area (Å²) in [5.41, 5.74) is 0.378. The highest BCUT2D eigenvalue weighted by Crippen LogP contribution is 2.34. The van der Waals surface area contributed by atoms with Gasteiger partial charge in [0.15, 0.2) is 0 Å². The summed E-state index contributed by atoms with van der Waals surface area (Å²) >= 11 is 0. The highest BCUT2D eigenvalue weighted by atomic mass is 16.3. The van der Waals surface area contributed by atoms with Gasteiger partial charge in [-0.05, 0) is 38.8 Å². The van der Waals surface area contributed by atoms with E-state index in [-0.39, 0.29) is 17.4 Å². The smallest absolute Gasteiger partial charge is 0.138 e. The van der Waals surface area contributed by atoms with Gasteiger partial charge in [-0.3, -0.25) is 0 Å². The maximum atomic E-state index is 10.0. The normalized spacial score (nSPS) is 23.8. The number of anilines is 1. The molecule has 0 saturated heterocycles. The molecule has 120 valence electrons. The molecule has 0 aromatic heterocycles. The van der Waals surface area contributed by atoms with Gasteiger partial charge < -0.3 is 15.5 Å². The molecule has 0 bridgehead atoms. The Labute approximate surface area is 129 Å². The van der Waals surface area contributed by atoms with Gasteiger partial charge in [0.05, 0.1) is 17.3 Å². The first-order valence-corrected chi connectivity index (χ1v) is 7.85. The first kappa shape index (κ1) is 19.5. The van der Waals surface area contributed by atoms with Crippen molar-refractivity contribution in [2.45, 2.75) is 65.0 Å². The Bertz CT molecular complexity index is 406. The molecule has 0 spiro atoms. The van der Waals surface area contributed by atoms with Crippen molar-refractivity contribution >= 4 is 5.69 Å². The summed E-state index contributed by atoms with van der Waals surface area (Å²) in [7, 11) is 0. The zero-order valence-corrected chi connectivity index (χ0v) is 13.9. The van der Waals surface area contributed by atoms with E-state index in [9.17, 15) is 10.2 Å². The second-order valence-electron chi connectivity index (χ2n) is 5.23. The van der Waals surface area contributed by atoms with Gasteiger partial charge in [0.1, 0.15) is 5.75 Å². The molecule has 0 aliphatic heterocycles. The first-order chi connectivity index (χ1) is 10.0. The highest BCUT2D eigenvalue weighted by Gasteiger charge is 2.35. The molecular formula is C18H31NO2. The van der Waals surface area contributed by atoms with Gasteiger partial charge in [-0.1, -0.05) is 44.9 Å². The van der Waals surface area contributed by atoms with Gasteiger partial charge in [-0.25, -0.2) is 0 Å². The van der Waals surface area contributed by atoms with Gasteiger partial charge in [0.25, 0.3) is 0 Å². The van der Waals surface area contributed by atoms with Crippen LogP contribution in [0, 0.1) is 0 Å². The maximum Gasteiger partial charge on any atom is 0.138 e. The van der Waals surface area contributed by atoms with Gasteiger partial charge >= 0.3 is 0 Å². The topological polar surface area (TPSA) is 52.5 Å². The third-order valence-electron chi connectivity index (χ3n) is 3.48. The number of aliphatic hydroxyl groups is 1. The Balaban J connectivity index is 0.000000713. The van der Waals surface area contributed by atoms with Crippen LogP contribution < -0.4 is 5.32 Å². The van der Waals surface area contributed by atoms with E-state index in [1.54, 1.807) is 18.2 Å². The maximum absolute atomic E-state index is 10.0. The fraction of sp³-hybridized carbons (Fsp3) is 0.556. The number of allylic oxidation sites excluding steroid dienone is 1. The molecule has 21 heavy (non-hydrogen) atoms. The molecule has 1 fully saturated rings. The van der Waals surface area contributed by atoms with E-state index in [4.69, 9.17) is 0 Å². The van der Waals surface area contributed by atoms with Crippen LogP contribution in [0.15, 0.2) is 36.9 Å². The molecule has 0 amide bonds. The molecule has 0 radical (unpaired) electrons. The molecule has 0 heterocycles. The zero-order valence-electron chi connectivity index (χ0n) is 13.9. The SMILES string of the molecule is C=CC.CC.CC1(Nc2ccccc2O)CCCCC1O. The lowest BCUT2D eigenvalue weighted by Crippen LogP contribution is -2.48. The van der Waals surface area contributed by atoms with Crippen LogP contribution in [0.25, 0.3) is 0 Å². The lowest BCUT2D eigenvalue weighted by Gasteiger charge is -2.40. The summed E-state index contributed by atoms with van der Waals surface area (Å²) in [5, 5.41) is 23.0. The molecule has 3 heteroatoms. The molecule has 1 saturated carbocycles.